The fraction of sp³-hybridized carbons (Fsp3) is 0.600. The normalized spacial score (nSPS) is 29.2. The lowest BCUT2D eigenvalue weighted by Gasteiger charge is -2.46. The van der Waals surface area contributed by atoms with Crippen molar-refractivity contribution in [1.29, 1.82) is 0 Å². The van der Waals surface area contributed by atoms with Gasteiger partial charge >= 0.3 is 0 Å². The number of rotatable bonds is 2. The van der Waals surface area contributed by atoms with E-state index in [1.54, 1.807) is 0 Å². The quantitative estimate of drug-likeness (QED) is 0.849. The lowest BCUT2D eigenvalue weighted by atomic mass is 9.79. The second-order valence-electron chi connectivity index (χ2n) is 6.16. The van der Waals surface area contributed by atoms with Gasteiger partial charge in [-0.3, -0.25) is 4.90 Å². The van der Waals surface area contributed by atoms with Gasteiger partial charge in [0.25, 0.3) is 0 Å². The third-order valence-electron chi connectivity index (χ3n) is 3.84. The summed E-state index contributed by atoms with van der Waals surface area (Å²) in [6.07, 6.45) is 1.12. The molecule has 2 atom stereocenters. The summed E-state index contributed by atoms with van der Waals surface area (Å²) in [4.78, 5) is 2.52. The van der Waals surface area contributed by atoms with Gasteiger partial charge in [0, 0.05) is 25.2 Å². The minimum atomic E-state index is 0.294. The van der Waals surface area contributed by atoms with Crippen LogP contribution in [0.5, 0.6) is 0 Å². The molecule has 94 valence electrons. The predicted octanol–water partition coefficient (Wildman–Crippen LogP) is 2.63. The van der Waals surface area contributed by atoms with E-state index in [9.17, 15) is 0 Å². The van der Waals surface area contributed by atoms with Crippen molar-refractivity contribution >= 4 is 0 Å². The smallest absolute Gasteiger partial charge is 0.0237 e. The Morgan fingerprint density at radius 1 is 1.29 bits per heavy atom. The summed E-state index contributed by atoms with van der Waals surface area (Å²) in [6.45, 7) is 9.03. The number of nitrogens with two attached hydrogens (primary N) is 1. The van der Waals surface area contributed by atoms with E-state index in [1.165, 1.54) is 5.56 Å². The average molecular weight is 232 g/mol. The van der Waals surface area contributed by atoms with Crippen LogP contribution in [0.4, 0.5) is 0 Å². The van der Waals surface area contributed by atoms with Gasteiger partial charge in [-0.15, -0.1) is 0 Å². The molecule has 0 amide bonds. The molecule has 2 N–H and O–H groups in total. The van der Waals surface area contributed by atoms with Crippen molar-refractivity contribution in [3.8, 4) is 0 Å². The average Bonchev–Trinajstić information content (AvgIpc) is 2.26. The number of hydrogen-bond donors (Lipinski definition) is 1. The van der Waals surface area contributed by atoms with Crippen LogP contribution in [-0.2, 0) is 6.54 Å². The van der Waals surface area contributed by atoms with Gasteiger partial charge in [0.2, 0.25) is 0 Å². The fourth-order valence-corrected chi connectivity index (χ4v) is 2.86. The van der Waals surface area contributed by atoms with Crippen LogP contribution in [0.25, 0.3) is 0 Å². The van der Waals surface area contributed by atoms with E-state index in [2.05, 4.69) is 56.0 Å². The van der Waals surface area contributed by atoms with E-state index < -0.39 is 0 Å². The molecule has 1 aromatic carbocycles. The molecule has 0 aliphatic carbocycles. The minimum absolute atomic E-state index is 0.294. The molecule has 1 aliphatic heterocycles. The molecule has 0 spiro atoms. The predicted molar refractivity (Wildman–Crippen MR) is 72.7 cm³/mol. The van der Waals surface area contributed by atoms with Crippen molar-refractivity contribution in [2.45, 2.75) is 45.8 Å². The molecule has 2 nitrogen and oxygen atoms in total. The Balaban J connectivity index is 2.09. The first-order valence-corrected chi connectivity index (χ1v) is 6.51. The highest BCUT2D eigenvalue weighted by Crippen LogP contribution is 2.32. The molecule has 2 heteroatoms. The largest absolute Gasteiger partial charge is 0.326 e. The van der Waals surface area contributed by atoms with Crippen molar-refractivity contribution in [1.82, 2.24) is 4.90 Å². The molecule has 2 unspecified atom stereocenters. The Bertz CT molecular complexity index is 358. The van der Waals surface area contributed by atoms with Gasteiger partial charge in [-0.2, -0.15) is 0 Å². The number of likely N-dealkylation sites (tertiary alicyclic amines) is 1. The molecule has 1 aromatic rings. The van der Waals surface area contributed by atoms with Gasteiger partial charge in [0.1, 0.15) is 0 Å². The van der Waals surface area contributed by atoms with Crippen molar-refractivity contribution < 1.29 is 0 Å². The topological polar surface area (TPSA) is 29.3 Å². The van der Waals surface area contributed by atoms with E-state index >= 15 is 0 Å². The van der Waals surface area contributed by atoms with Crippen LogP contribution in [-0.4, -0.2) is 23.5 Å². The van der Waals surface area contributed by atoms with Crippen LogP contribution in [0.1, 0.15) is 32.8 Å². The molecule has 0 radical (unpaired) electrons. The van der Waals surface area contributed by atoms with E-state index in [-0.39, 0.29) is 0 Å². The lowest BCUT2D eigenvalue weighted by molar-refractivity contribution is 0.0491. The third kappa shape index (κ3) is 3.08. The molecule has 17 heavy (non-hydrogen) atoms. The van der Waals surface area contributed by atoms with Crippen molar-refractivity contribution in [2.75, 3.05) is 6.54 Å². The van der Waals surface area contributed by atoms with Crippen molar-refractivity contribution in [2.24, 2.45) is 11.1 Å². The highest BCUT2D eigenvalue weighted by molar-refractivity contribution is 5.15. The minimum Gasteiger partial charge on any atom is -0.326 e. The van der Waals surface area contributed by atoms with Gasteiger partial charge in [0.15, 0.2) is 0 Å². The summed E-state index contributed by atoms with van der Waals surface area (Å²) < 4.78 is 0. The first kappa shape index (κ1) is 12.6. The zero-order valence-corrected chi connectivity index (χ0v) is 11.2. The second kappa shape index (κ2) is 4.79. The summed E-state index contributed by atoms with van der Waals surface area (Å²) in [5.74, 6) is 0. The molecule has 0 saturated carbocycles. The van der Waals surface area contributed by atoms with Gasteiger partial charge < -0.3 is 5.73 Å². The molecular weight excluding hydrogens is 208 g/mol. The Morgan fingerprint density at radius 2 is 1.94 bits per heavy atom. The van der Waals surface area contributed by atoms with Gasteiger partial charge in [-0.1, -0.05) is 44.2 Å². The zero-order valence-electron chi connectivity index (χ0n) is 11.2. The third-order valence-corrected chi connectivity index (χ3v) is 3.84. The van der Waals surface area contributed by atoms with Crippen molar-refractivity contribution in [3.05, 3.63) is 35.9 Å². The first-order valence-electron chi connectivity index (χ1n) is 6.51. The fourth-order valence-electron chi connectivity index (χ4n) is 2.86. The Labute approximate surface area is 105 Å². The Hall–Kier alpha value is -0.860. The van der Waals surface area contributed by atoms with Crippen molar-refractivity contribution in [3.63, 3.8) is 0 Å². The van der Waals surface area contributed by atoms with Gasteiger partial charge in [0.05, 0.1) is 0 Å². The summed E-state index contributed by atoms with van der Waals surface area (Å²) in [5, 5.41) is 0. The van der Waals surface area contributed by atoms with E-state index in [1.807, 2.05) is 0 Å². The number of benzene rings is 1. The van der Waals surface area contributed by atoms with Crippen LogP contribution >= 0.6 is 0 Å². The van der Waals surface area contributed by atoms with Crippen LogP contribution in [0, 0.1) is 5.41 Å². The monoisotopic (exact) mass is 232 g/mol. The SMILES string of the molecule is CC1C(N)CC(C)(C)CN1Cc1ccccc1. The summed E-state index contributed by atoms with van der Waals surface area (Å²) >= 11 is 0. The van der Waals surface area contributed by atoms with Gasteiger partial charge in [-0.05, 0) is 24.3 Å². The van der Waals surface area contributed by atoms with Crippen LogP contribution in [0.15, 0.2) is 30.3 Å². The Kier molecular flexibility index (Phi) is 3.55. The number of piperidine rings is 1. The van der Waals surface area contributed by atoms with Crippen LogP contribution in [0.3, 0.4) is 0 Å². The Morgan fingerprint density at radius 3 is 2.59 bits per heavy atom. The zero-order chi connectivity index (χ0) is 12.5. The maximum atomic E-state index is 6.26. The summed E-state index contributed by atoms with van der Waals surface area (Å²) in [5.41, 5.74) is 7.97. The molecule has 1 heterocycles. The molecule has 1 saturated heterocycles. The van der Waals surface area contributed by atoms with Gasteiger partial charge in [-0.25, -0.2) is 0 Å². The summed E-state index contributed by atoms with van der Waals surface area (Å²) in [7, 11) is 0. The molecule has 2 rings (SSSR count). The van der Waals surface area contributed by atoms with Crippen LogP contribution in [0.2, 0.25) is 0 Å². The highest BCUT2D eigenvalue weighted by atomic mass is 15.2. The number of nitrogens with zero attached hydrogens (tertiary/aromatic N) is 1. The molecule has 1 fully saturated rings. The maximum Gasteiger partial charge on any atom is 0.0237 e. The molecular formula is C15H24N2. The molecule has 0 bridgehead atoms. The maximum absolute atomic E-state index is 6.26. The number of hydrogen-bond acceptors (Lipinski definition) is 2. The standard InChI is InChI=1S/C15H24N2/c1-12-14(16)9-15(2,3)11-17(12)10-13-7-5-4-6-8-13/h4-8,12,14H,9-11,16H2,1-3H3. The summed E-state index contributed by atoms with van der Waals surface area (Å²) in [6, 6.07) is 11.4. The van der Waals surface area contributed by atoms with E-state index in [4.69, 9.17) is 5.73 Å². The molecule has 1 aliphatic rings. The highest BCUT2D eigenvalue weighted by Gasteiger charge is 2.35. The van der Waals surface area contributed by atoms with E-state index in [0.29, 0.717) is 17.5 Å². The second-order valence-corrected chi connectivity index (χ2v) is 6.16. The molecule has 0 aromatic heterocycles. The first-order chi connectivity index (χ1) is 7.98. The van der Waals surface area contributed by atoms with E-state index in [0.717, 1.165) is 19.5 Å². The lowest BCUT2D eigenvalue weighted by Crippen LogP contribution is -2.55. The van der Waals surface area contributed by atoms with Crippen LogP contribution < -0.4 is 5.73 Å².